The molecular weight excluding hydrogens is 198 g/mol. The smallest absolute Gasteiger partial charge is 0.232 e. The van der Waals surface area contributed by atoms with Crippen molar-refractivity contribution in [2.45, 2.75) is 33.1 Å². The first-order valence-electron chi connectivity index (χ1n) is 5.89. The van der Waals surface area contributed by atoms with Crippen molar-refractivity contribution in [3.05, 3.63) is 35.9 Å². The molecule has 1 rings (SSSR count). The number of nitrogens with zero attached hydrogens (tertiary/aromatic N) is 1. The van der Waals surface area contributed by atoms with E-state index in [1.807, 2.05) is 62.9 Å². The molecule has 0 saturated carbocycles. The summed E-state index contributed by atoms with van der Waals surface area (Å²) in [6.45, 7) is 9.55. The highest BCUT2D eigenvalue weighted by Gasteiger charge is 2.32. The minimum atomic E-state index is -0.437. The summed E-state index contributed by atoms with van der Waals surface area (Å²) in [7, 11) is 0. The predicted molar refractivity (Wildman–Crippen MR) is 67.4 cm³/mol. The summed E-state index contributed by atoms with van der Waals surface area (Å²) < 4.78 is 0. The van der Waals surface area contributed by atoms with Crippen LogP contribution in [0.15, 0.2) is 30.3 Å². The van der Waals surface area contributed by atoms with Crippen molar-refractivity contribution >= 4 is 5.91 Å². The molecule has 16 heavy (non-hydrogen) atoms. The standard InChI is InChI=1S/C14H21NO/c1-5-15(6-2)13(16)14(3,4)12-10-8-7-9-11-12/h7-11H,5-6H2,1-4H3. The first kappa shape index (κ1) is 12.8. The highest BCUT2D eigenvalue weighted by molar-refractivity contribution is 5.87. The second kappa shape index (κ2) is 5.15. The molecule has 0 atom stereocenters. The van der Waals surface area contributed by atoms with Crippen LogP contribution in [0.3, 0.4) is 0 Å². The van der Waals surface area contributed by atoms with E-state index < -0.39 is 5.41 Å². The van der Waals surface area contributed by atoms with Gasteiger partial charge in [-0.05, 0) is 33.3 Å². The maximum absolute atomic E-state index is 12.4. The van der Waals surface area contributed by atoms with Crippen LogP contribution in [0.25, 0.3) is 0 Å². The molecule has 1 amide bonds. The van der Waals surface area contributed by atoms with Gasteiger partial charge in [0.1, 0.15) is 0 Å². The third kappa shape index (κ3) is 2.43. The van der Waals surface area contributed by atoms with Crippen LogP contribution in [0, 0.1) is 0 Å². The lowest BCUT2D eigenvalue weighted by Gasteiger charge is -2.31. The van der Waals surface area contributed by atoms with E-state index in [0.29, 0.717) is 0 Å². The number of amides is 1. The number of hydrogen-bond acceptors (Lipinski definition) is 1. The normalized spacial score (nSPS) is 11.2. The van der Waals surface area contributed by atoms with Gasteiger partial charge in [0.25, 0.3) is 0 Å². The average molecular weight is 219 g/mol. The van der Waals surface area contributed by atoms with Crippen LogP contribution in [0.5, 0.6) is 0 Å². The first-order valence-corrected chi connectivity index (χ1v) is 5.89. The zero-order valence-electron chi connectivity index (χ0n) is 10.7. The molecular formula is C14H21NO. The van der Waals surface area contributed by atoms with E-state index in [2.05, 4.69) is 0 Å². The van der Waals surface area contributed by atoms with Crippen LogP contribution in [0.4, 0.5) is 0 Å². The first-order chi connectivity index (χ1) is 7.54. The summed E-state index contributed by atoms with van der Waals surface area (Å²) in [4.78, 5) is 14.2. The summed E-state index contributed by atoms with van der Waals surface area (Å²) in [5, 5.41) is 0. The molecule has 0 spiro atoms. The molecule has 0 aromatic heterocycles. The highest BCUT2D eigenvalue weighted by atomic mass is 16.2. The number of carbonyl (C=O) groups is 1. The lowest BCUT2D eigenvalue weighted by atomic mass is 9.83. The topological polar surface area (TPSA) is 20.3 Å². The quantitative estimate of drug-likeness (QED) is 0.762. The minimum Gasteiger partial charge on any atom is -0.343 e. The lowest BCUT2D eigenvalue weighted by molar-refractivity contribution is -0.135. The molecule has 0 aliphatic rings. The molecule has 0 aliphatic carbocycles. The van der Waals surface area contributed by atoms with Crippen molar-refractivity contribution < 1.29 is 4.79 Å². The number of rotatable bonds is 4. The molecule has 0 radical (unpaired) electrons. The molecule has 0 aliphatic heterocycles. The van der Waals surface area contributed by atoms with Gasteiger partial charge < -0.3 is 4.90 Å². The van der Waals surface area contributed by atoms with E-state index in [-0.39, 0.29) is 5.91 Å². The molecule has 1 aromatic rings. The predicted octanol–water partition coefficient (Wildman–Crippen LogP) is 2.83. The molecule has 0 N–H and O–H groups in total. The molecule has 0 heterocycles. The van der Waals surface area contributed by atoms with Crippen molar-refractivity contribution in [3.63, 3.8) is 0 Å². The van der Waals surface area contributed by atoms with Crippen molar-refractivity contribution in [1.29, 1.82) is 0 Å². The molecule has 0 unspecified atom stereocenters. The van der Waals surface area contributed by atoms with Crippen LogP contribution in [0.1, 0.15) is 33.3 Å². The molecule has 2 heteroatoms. The fraction of sp³-hybridized carbons (Fsp3) is 0.500. The summed E-state index contributed by atoms with van der Waals surface area (Å²) in [5.74, 6) is 0.198. The maximum atomic E-state index is 12.4. The van der Waals surface area contributed by atoms with Crippen LogP contribution in [-0.2, 0) is 10.2 Å². The fourth-order valence-electron chi connectivity index (χ4n) is 1.88. The van der Waals surface area contributed by atoms with E-state index in [0.717, 1.165) is 18.7 Å². The Labute approximate surface area is 98.3 Å². The Morgan fingerprint density at radius 2 is 1.62 bits per heavy atom. The zero-order chi connectivity index (χ0) is 12.2. The Morgan fingerprint density at radius 1 is 1.12 bits per heavy atom. The molecule has 0 fully saturated rings. The van der Waals surface area contributed by atoms with Crippen LogP contribution in [0.2, 0.25) is 0 Å². The van der Waals surface area contributed by atoms with Gasteiger partial charge in [-0.3, -0.25) is 4.79 Å². The Morgan fingerprint density at radius 3 is 2.06 bits per heavy atom. The highest BCUT2D eigenvalue weighted by Crippen LogP contribution is 2.25. The zero-order valence-corrected chi connectivity index (χ0v) is 10.7. The van der Waals surface area contributed by atoms with Crippen LogP contribution < -0.4 is 0 Å². The third-order valence-corrected chi connectivity index (χ3v) is 3.08. The Bertz CT molecular complexity index is 339. The van der Waals surface area contributed by atoms with E-state index in [4.69, 9.17) is 0 Å². The third-order valence-electron chi connectivity index (χ3n) is 3.08. The molecule has 0 saturated heterocycles. The van der Waals surface area contributed by atoms with Gasteiger partial charge in [-0.2, -0.15) is 0 Å². The van der Waals surface area contributed by atoms with Crippen molar-refractivity contribution in [2.24, 2.45) is 0 Å². The maximum Gasteiger partial charge on any atom is 0.232 e. The Kier molecular flexibility index (Phi) is 4.11. The number of carbonyl (C=O) groups excluding carboxylic acids is 1. The minimum absolute atomic E-state index is 0.198. The van der Waals surface area contributed by atoms with Gasteiger partial charge in [0.2, 0.25) is 5.91 Å². The van der Waals surface area contributed by atoms with E-state index in [1.165, 1.54) is 0 Å². The van der Waals surface area contributed by atoms with E-state index in [1.54, 1.807) is 0 Å². The fourth-order valence-corrected chi connectivity index (χ4v) is 1.88. The summed E-state index contributed by atoms with van der Waals surface area (Å²) in [5.41, 5.74) is 0.639. The summed E-state index contributed by atoms with van der Waals surface area (Å²) in [6.07, 6.45) is 0. The lowest BCUT2D eigenvalue weighted by Crippen LogP contribution is -2.43. The van der Waals surface area contributed by atoms with Crippen molar-refractivity contribution in [1.82, 2.24) is 4.90 Å². The van der Waals surface area contributed by atoms with Gasteiger partial charge in [0.15, 0.2) is 0 Å². The van der Waals surface area contributed by atoms with Crippen LogP contribution in [-0.4, -0.2) is 23.9 Å². The van der Waals surface area contributed by atoms with Crippen molar-refractivity contribution in [2.75, 3.05) is 13.1 Å². The van der Waals surface area contributed by atoms with Gasteiger partial charge in [-0.25, -0.2) is 0 Å². The SMILES string of the molecule is CCN(CC)C(=O)C(C)(C)c1ccccc1. The Hall–Kier alpha value is -1.31. The molecule has 2 nitrogen and oxygen atoms in total. The summed E-state index contributed by atoms with van der Waals surface area (Å²) in [6, 6.07) is 9.96. The molecule has 88 valence electrons. The number of hydrogen-bond donors (Lipinski definition) is 0. The summed E-state index contributed by atoms with van der Waals surface area (Å²) >= 11 is 0. The number of benzene rings is 1. The van der Waals surface area contributed by atoms with Gasteiger partial charge in [-0.1, -0.05) is 30.3 Å². The van der Waals surface area contributed by atoms with Gasteiger partial charge >= 0.3 is 0 Å². The van der Waals surface area contributed by atoms with Gasteiger partial charge in [0, 0.05) is 13.1 Å². The monoisotopic (exact) mass is 219 g/mol. The van der Waals surface area contributed by atoms with E-state index in [9.17, 15) is 4.79 Å². The second-order valence-electron chi connectivity index (χ2n) is 4.47. The molecule has 1 aromatic carbocycles. The number of likely N-dealkylation sites (N-methyl/N-ethyl adjacent to an activating group) is 1. The molecule has 0 bridgehead atoms. The second-order valence-corrected chi connectivity index (χ2v) is 4.47. The van der Waals surface area contributed by atoms with Gasteiger partial charge in [-0.15, -0.1) is 0 Å². The van der Waals surface area contributed by atoms with E-state index >= 15 is 0 Å². The van der Waals surface area contributed by atoms with Crippen molar-refractivity contribution in [3.8, 4) is 0 Å². The largest absolute Gasteiger partial charge is 0.343 e. The van der Waals surface area contributed by atoms with Gasteiger partial charge in [0.05, 0.1) is 5.41 Å². The average Bonchev–Trinajstić information content (AvgIpc) is 2.31. The van der Waals surface area contributed by atoms with Crippen LogP contribution >= 0.6 is 0 Å². The Balaban J connectivity index is 2.98.